The van der Waals surface area contributed by atoms with E-state index < -0.39 is 0 Å². The summed E-state index contributed by atoms with van der Waals surface area (Å²) in [7, 11) is 0. The molecule has 22 heavy (non-hydrogen) atoms. The zero-order valence-electron chi connectivity index (χ0n) is 12.2. The second-order valence-electron chi connectivity index (χ2n) is 5.05. The second-order valence-corrected chi connectivity index (χ2v) is 5.96. The lowest BCUT2D eigenvalue weighted by atomic mass is 10.2. The Balaban J connectivity index is 1.62. The Morgan fingerprint density at radius 1 is 1.32 bits per heavy atom. The van der Waals surface area contributed by atoms with Gasteiger partial charge in [-0.05, 0) is 18.2 Å². The predicted molar refractivity (Wildman–Crippen MR) is 86.7 cm³/mol. The van der Waals surface area contributed by atoms with Gasteiger partial charge in [-0.3, -0.25) is 9.59 Å². The van der Waals surface area contributed by atoms with Crippen molar-refractivity contribution in [3.8, 4) is 0 Å². The number of halogens is 1. The molecule has 6 nitrogen and oxygen atoms in total. The van der Waals surface area contributed by atoms with E-state index >= 15 is 0 Å². The Morgan fingerprint density at radius 3 is 2.86 bits per heavy atom. The summed E-state index contributed by atoms with van der Waals surface area (Å²) in [5.41, 5.74) is 0.587. The molecule has 0 radical (unpaired) electrons. The molecule has 1 saturated heterocycles. The fraction of sp³-hybridized carbons (Fsp3) is 0.467. The van der Waals surface area contributed by atoms with Gasteiger partial charge in [0.15, 0.2) is 0 Å². The Bertz CT molecular complexity index is 519. The molecule has 0 aliphatic carbocycles. The lowest BCUT2D eigenvalue weighted by Gasteiger charge is -2.23. The number of amides is 2. The van der Waals surface area contributed by atoms with Crippen molar-refractivity contribution in [2.45, 2.75) is 12.5 Å². The zero-order valence-corrected chi connectivity index (χ0v) is 13.8. The molecule has 1 aliphatic rings. The van der Waals surface area contributed by atoms with Gasteiger partial charge in [-0.2, -0.15) is 0 Å². The fourth-order valence-corrected chi connectivity index (χ4v) is 2.56. The molecule has 1 aromatic rings. The molecule has 1 unspecified atom stereocenters. The summed E-state index contributed by atoms with van der Waals surface area (Å²) in [6.07, 6.45) is 0.388. The van der Waals surface area contributed by atoms with Crippen LogP contribution in [0.25, 0.3) is 0 Å². The van der Waals surface area contributed by atoms with Gasteiger partial charge in [-0.15, -0.1) is 0 Å². The Labute approximate surface area is 138 Å². The highest BCUT2D eigenvalue weighted by atomic mass is 79.9. The minimum atomic E-state index is -0.155. The normalized spacial score (nSPS) is 17.8. The molecule has 120 valence electrons. The van der Waals surface area contributed by atoms with Crippen LogP contribution in [0.5, 0.6) is 0 Å². The zero-order chi connectivity index (χ0) is 15.8. The predicted octanol–water partition coefficient (Wildman–Crippen LogP) is 0.674. The van der Waals surface area contributed by atoms with E-state index in [4.69, 9.17) is 4.74 Å². The molecular weight excluding hydrogens is 350 g/mol. The second kappa shape index (κ2) is 8.87. The summed E-state index contributed by atoms with van der Waals surface area (Å²) in [5.74, 6) is -0.197. The van der Waals surface area contributed by atoms with Crippen LogP contribution in [0.1, 0.15) is 16.8 Å². The Morgan fingerprint density at radius 2 is 2.14 bits per heavy atom. The number of nitrogens with one attached hydrogen (secondary N) is 3. The maximum Gasteiger partial charge on any atom is 0.251 e. The van der Waals surface area contributed by atoms with Gasteiger partial charge in [-0.25, -0.2) is 0 Å². The van der Waals surface area contributed by atoms with Crippen LogP contribution >= 0.6 is 15.9 Å². The summed E-state index contributed by atoms with van der Waals surface area (Å²) < 4.78 is 6.15. The minimum Gasteiger partial charge on any atom is -0.378 e. The van der Waals surface area contributed by atoms with Crippen molar-refractivity contribution in [2.24, 2.45) is 0 Å². The molecule has 1 fully saturated rings. The van der Waals surface area contributed by atoms with Crippen LogP contribution in [-0.4, -0.2) is 50.7 Å². The SMILES string of the molecule is O=C(CC1COCCN1)NCCNC(=O)c1cccc(Br)c1. The van der Waals surface area contributed by atoms with Crippen molar-refractivity contribution >= 4 is 27.7 Å². The highest BCUT2D eigenvalue weighted by molar-refractivity contribution is 9.10. The summed E-state index contributed by atoms with van der Waals surface area (Å²) in [6, 6.07) is 7.24. The molecule has 1 heterocycles. The third-order valence-electron chi connectivity index (χ3n) is 3.25. The number of hydrogen-bond donors (Lipinski definition) is 3. The van der Waals surface area contributed by atoms with E-state index in [1.54, 1.807) is 18.2 Å². The van der Waals surface area contributed by atoms with Gasteiger partial charge in [0.05, 0.1) is 13.2 Å². The maximum absolute atomic E-state index is 11.9. The fourth-order valence-electron chi connectivity index (χ4n) is 2.16. The van der Waals surface area contributed by atoms with Gasteiger partial charge in [-0.1, -0.05) is 22.0 Å². The first-order chi connectivity index (χ1) is 10.6. The number of carbonyl (C=O) groups excluding carboxylic acids is 2. The average Bonchev–Trinajstić information content (AvgIpc) is 2.52. The Hall–Kier alpha value is -1.44. The molecular formula is C15H20BrN3O3. The average molecular weight is 370 g/mol. The van der Waals surface area contributed by atoms with E-state index in [-0.39, 0.29) is 17.9 Å². The molecule has 0 bridgehead atoms. The molecule has 0 spiro atoms. The minimum absolute atomic E-state index is 0.0419. The highest BCUT2D eigenvalue weighted by Gasteiger charge is 2.16. The van der Waals surface area contributed by atoms with Crippen LogP contribution in [0.3, 0.4) is 0 Å². The van der Waals surface area contributed by atoms with E-state index in [1.807, 2.05) is 6.07 Å². The van der Waals surface area contributed by atoms with Gasteiger partial charge in [0.25, 0.3) is 5.91 Å². The van der Waals surface area contributed by atoms with E-state index in [2.05, 4.69) is 31.9 Å². The third-order valence-corrected chi connectivity index (χ3v) is 3.74. The Kier molecular flexibility index (Phi) is 6.82. The monoisotopic (exact) mass is 369 g/mol. The van der Waals surface area contributed by atoms with E-state index in [0.717, 1.165) is 11.0 Å². The van der Waals surface area contributed by atoms with Crippen molar-refractivity contribution in [1.82, 2.24) is 16.0 Å². The first kappa shape index (κ1) is 16.9. The smallest absolute Gasteiger partial charge is 0.251 e. The standard InChI is InChI=1S/C15H20BrN3O3/c16-12-3-1-2-11(8-12)15(21)19-5-4-18-14(20)9-13-10-22-7-6-17-13/h1-3,8,13,17H,4-7,9-10H2,(H,18,20)(H,19,21). The van der Waals surface area contributed by atoms with Crippen LogP contribution in [0.2, 0.25) is 0 Å². The molecule has 1 aliphatic heterocycles. The quantitative estimate of drug-likeness (QED) is 0.644. The van der Waals surface area contributed by atoms with Crippen molar-refractivity contribution in [3.63, 3.8) is 0 Å². The molecule has 1 atom stereocenters. The summed E-state index contributed by atoms with van der Waals surface area (Å²) >= 11 is 3.33. The van der Waals surface area contributed by atoms with E-state index in [0.29, 0.717) is 38.3 Å². The van der Waals surface area contributed by atoms with Crippen LogP contribution in [0, 0.1) is 0 Å². The van der Waals surface area contributed by atoms with E-state index in [1.165, 1.54) is 0 Å². The van der Waals surface area contributed by atoms with Crippen LogP contribution in [-0.2, 0) is 9.53 Å². The molecule has 2 amide bonds. The topological polar surface area (TPSA) is 79.5 Å². The summed E-state index contributed by atoms with van der Waals surface area (Å²) in [4.78, 5) is 23.6. The van der Waals surface area contributed by atoms with Gasteiger partial charge >= 0.3 is 0 Å². The first-order valence-corrected chi connectivity index (χ1v) is 8.06. The summed E-state index contributed by atoms with van der Waals surface area (Å²) in [5, 5.41) is 8.79. The number of benzene rings is 1. The number of carbonyl (C=O) groups is 2. The lowest BCUT2D eigenvalue weighted by molar-refractivity contribution is -0.122. The van der Waals surface area contributed by atoms with Crippen molar-refractivity contribution in [3.05, 3.63) is 34.3 Å². The number of hydrogen-bond acceptors (Lipinski definition) is 4. The van der Waals surface area contributed by atoms with Gasteiger partial charge in [0, 0.05) is 42.1 Å². The molecule has 0 aromatic heterocycles. The molecule has 7 heteroatoms. The molecule has 1 aromatic carbocycles. The van der Waals surface area contributed by atoms with Gasteiger partial charge in [0.1, 0.15) is 0 Å². The number of rotatable bonds is 6. The number of ether oxygens (including phenoxy) is 1. The maximum atomic E-state index is 11.9. The molecule has 0 saturated carbocycles. The van der Waals surface area contributed by atoms with Gasteiger partial charge in [0.2, 0.25) is 5.91 Å². The van der Waals surface area contributed by atoms with Crippen molar-refractivity contribution < 1.29 is 14.3 Å². The van der Waals surface area contributed by atoms with Crippen molar-refractivity contribution in [1.29, 1.82) is 0 Å². The van der Waals surface area contributed by atoms with Gasteiger partial charge < -0.3 is 20.7 Å². The largest absolute Gasteiger partial charge is 0.378 e. The first-order valence-electron chi connectivity index (χ1n) is 7.27. The van der Waals surface area contributed by atoms with Crippen LogP contribution < -0.4 is 16.0 Å². The van der Waals surface area contributed by atoms with Crippen LogP contribution in [0.15, 0.2) is 28.7 Å². The van der Waals surface area contributed by atoms with Crippen LogP contribution in [0.4, 0.5) is 0 Å². The van der Waals surface area contributed by atoms with E-state index in [9.17, 15) is 9.59 Å². The third kappa shape index (κ3) is 5.75. The highest BCUT2D eigenvalue weighted by Crippen LogP contribution is 2.11. The lowest BCUT2D eigenvalue weighted by Crippen LogP contribution is -2.45. The molecule has 3 N–H and O–H groups in total. The number of morpholine rings is 1. The molecule has 2 rings (SSSR count). The van der Waals surface area contributed by atoms with Crippen molar-refractivity contribution in [2.75, 3.05) is 32.8 Å². The summed E-state index contributed by atoms with van der Waals surface area (Å²) in [6.45, 7) is 2.84.